The van der Waals surface area contributed by atoms with Gasteiger partial charge < -0.3 is 0 Å². The number of rotatable bonds is 2. The summed E-state index contributed by atoms with van der Waals surface area (Å²) in [5.41, 5.74) is 4.20. The Bertz CT molecular complexity index is 323. The largest absolute Gasteiger partial charge is 0.282 e. The van der Waals surface area contributed by atoms with Crippen LogP contribution in [0.4, 0.5) is 0 Å². The third-order valence-electron chi connectivity index (χ3n) is 3.41. The molecule has 0 saturated carbocycles. The Hall–Kier alpha value is -0.790. The zero-order chi connectivity index (χ0) is 10.3. The highest BCUT2D eigenvalue weighted by Crippen LogP contribution is 2.34. The highest BCUT2D eigenvalue weighted by atomic mass is 15.1. The molecule has 1 aliphatic rings. The summed E-state index contributed by atoms with van der Waals surface area (Å²) in [6.07, 6.45) is 2.43. The Morgan fingerprint density at radius 1 is 1.21 bits per heavy atom. The standard InChI is InChI=1S/C12H20N2/c1-7(2)9-5-10-11(6-9)13-14-12(10)8(3)4/h7-9H,5-6H2,1-4H3,(H,13,14). The van der Waals surface area contributed by atoms with E-state index in [0.29, 0.717) is 5.92 Å². The first-order valence-electron chi connectivity index (χ1n) is 5.65. The van der Waals surface area contributed by atoms with Crippen LogP contribution in [0.1, 0.15) is 50.6 Å². The second-order valence-electron chi connectivity index (χ2n) is 5.13. The van der Waals surface area contributed by atoms with Crippen molar-refractivity contribution in [2.75, 3.05) is 0 Å². The van der Waals surface area contributed by atoms with Crippen molar-refractivity contribution in [3.05, 3.63) is 17.0 Å². The van der Waals surface area contributed by atoms with E-state index < -0.39 is 0 Å². The van der Waals surface area contributed by atoms with Crippen LogP contribution in [0.15, 0.2) is 0 Å². The van der Waals surface area contributed by atoms with Crippen LogP contribution < -0.4 is 0 Å². The van der Waals surface area contributed by atoms with Crippen molar-refractivity contribution < 1.29 is 0 Å². The van der Waals surface area contributed by atoms with E-state index in [4.69, 9.17) is 0 Å². The highest BCUT2D eigenvalue weighted by Gasteiger charge is 2.28. The third-order valence-corrected chi connectivity index (χ3v) is 3.41. The molecule has 0 spiro atoms. The molecule has 1 heterocycles. The molecule has 2 heteroatoms. The average molecular weight is 192 g/mol. The molecule has 2 nitrogen and oxygen atoms in total. The normalized spacial score (nSPS) is 20.9. The highest BCUT2D eigenvalue weighted by molar-refractivity contribution is 5.32. The van der Waals surface area contributed by atoms with Crippen molar-refractivity contribution in [1.29, 1.82) is 0 Å². The number of fused-ring (bicyclic) bond motifs is 1. The van der Waals surface area contributed by atoms with E-state index in [1.165, 1.54) is 29.8 Å². The number of H-pyrrole nitrogens is 1. The van der Waals surface area contributed by atoms with Gasteiger partial charge in [0.15, 0.2) is 0 Å². The molecule has 0 radical (unpaired) electrons. The van der Waals surface area contributed by atoms with Crippen LogP contribution >= 0.6 is 0 Å². The lowest BCUT2D eigenvalue weighted by atomic mass is 9.92. The zero-order valence-electron chi connectivity index (χ0n) is 9.59. The van der Waals surface area contributed by atoms with Crippen LogP contribution in [-0.4, -0.2) is 10.2 Å². The summed E-state index contributed by atoms with van der Waals surface area (Å²) < 4.78 is 0. The van der Waals surface area contributed by atoms with E-state index in [9.17, 15) is 0 Å². The van der Waals surface area contributed by atoms with Gasteiger partial charge in [0, 0.05) is 5.69 Å². The second kappa shape index (κ2) is 3.41. The van der Waals surface area contributed by atoms with E-state index in [0.717, 1.165) is 11.8 Å². The molecule has 14 heavy (non-hydrogen) atoms. The minimum atomic E-state index is 0.556. The van der Waals surface area contributed by atoms with Gasteiger partial charge >= 0.3 is 0 Å². The molecule has 1 unspecified atom stereocenters. The summed E-state index contributed by atoms with van der Waals surface area (Å²) in [6.45, 7) is 9.08. The molecule has 1 N–H and O–H groups in total. The summed E-state index contributed by atoms with van der Waals surface area (Å²) in [4.78, 5) is 0. The molecule has 0 saturated heterocycles. The maximum Gasteiger partial charge on any atom is 0.0682 e. The van der Waals surface area contributed by atoms with Gasteiger partial charge in [0.2, 0.25) is 0 Å². The molecule has 0 amide bonds. The quantitative estimate of drug-likeness (QED) is 0.767. The van der Waals surface area contributed by atoms with Gasteiger partial charge in [-0.1, -0.05) is 27.7 Å². The lowest BCUT2D eigenvalue weighted by Gasteiger charge is -2.13. The number of hydrogen-bond acceptors (Lipinski definition) is 1. The predicted octanol–water partition coefficient (Wildman–Crippen LogP) is 2.90. The fourth-order valence-electron chi connectivity index (χ4n) is 2.36. The molecule has 1 aromatic heterocycles. The van der Waals surface area contributed by atoms with E-state index >= 15 is 0 Å². The number of nitrogens with one attached hydrogen (secondary N) is 1. The number of aromatic nitrogens is 2. The fourth-order valence-corrected chi connectivity index (χ4v) is 2.36. The second-order valence-corrected chi connectivity index (χ2v) is 5.13. The van der Waals surface area contributed by atoms with Crippen LogP contribution in [0.25, 0.3) is 0 Å². The molecule has 1 aliphatic carbocycles. The summed E-state index contributed by atoms with van der Waals surface area (Å²) in [7, 11) is 0. The maximum atomic E-state index is 4.41. The molecule has 0 bridgehead atoms. The first-order valence-corrected chi connectivity index (χ1v) is 5.65. The topological polar surface area (TPSA) is 28.7 Å². The average Bonchev–Trinajstić information content (AvgIpc) is 2.58. The molecule has 0 fully saturated rings. The monoisotopic (exact) mass is 192 g/mol. The lowest BCUT2D eigenvalue weighted by Crippen LogP contribution is -2.09. The van der Waals surface area contributed by atoms with Gasteiger partial charge in [-0.3, -0.25) is 5.10 Å². The lowest BCUT2D eigenvalue weighted by molar-refractivity contribution is 0.399. The first kappa shape index (κ1) is 9.75. The Morgan fingerprint density at radius 2 is 1.93 bits per heavy atom. The molecule has 0 aliphatic heterocycles. The number of hydrogen-bond donors (Lipinski definition) is 1. The van der Waals surface area contributed by atoms with Gasteiger partial charge in [-0.25, -0.2) is 0 Å². The van der Waals surface area contributed by atoms with Crippen molar-refractivity contribution in [2.45, 2.75) is 46.5 Å². The Morgan fingerprint density at radius 3 is 2.50 bits per heavy atom. The van der Waals surface area contributed by atoms with Crippen molar-refractivity contribution in [3.63, 3.8) is 0 Å². The third kappa shape index (κ3) is 1.47. The minimum Gasteiger partial charge on any atom is -0.282 e. The van der Waals surface area contributed by atoms with E-state index in [2.05, 4.69) is 37.9 Å². The minimum absolute atomic E-state index is 0.556. The van der Waals surface area contributed by atoms with E-state index in [1.807, 2.05) is 0 Å². The van der Waals surface area contributed by atoms with Crippen molar-refractivity contribution in [2.24, 2.45) is 11.8 Å². The maximum absolute atomic E-state index is 4.41. The fraction of sp³-hybridized carbons (Fsp3) is 0.750. The van der Waals surface area contributed by atoms with Gasteiger partial charge in [-0.2, -0.15) is 5.10 Å². The van der Waals surface area contributed by atoms with Crippen molar-refractivity contribution in [3.8, 4) is 0 Å². The van der Waals surface area contributed by atoms with Gasteiger partial charge in [-0.05, 0) is 36.2 Å². The molecule has 1 atom stereocenters. The van der Waals surface area contributed by atoms with E-state index in [1.54, 1.807) is 0 Å². The van der Waals surface area contributed by atoms with E-state index in [-0.39, 0.29) is 0 Å². The molecule has 1 aromatic rings. The van der Waals surface area contributed by atoms with Crippen LogP contribution in [0, 0.1) is 11.8 Å². The molecule has 2 rings (SSSR count). The molecule has 78 valence electrons. The van der Waals surface area contributed by atoms with Crippen LogP contribution in [-0.2, 0) is 12.8 Å². The van der Waals surface area contributed by atoms with Gasteiger partial charge in [-0.15, -0.1) is 0 Å². The molecular weight excluding hydrogens is 172 g/mol. The first-order chi connectivity index (χ1) is 6.59. The Kier molecular flexibility index (Phi) is 2.38. The zero-order valence-corrected chi connectivity index (χ0v) is 9.59. The number of nitrogens with zero attached hydrogens (tertiary/aromatic N) is 1. The summed E-state index contributed by atoms with van der Waals surface area (Å²) in [5.74, 6) is 2.17. The van der Waals surface area contributed by atoms with Gasteiger partial charge in [0.1, 0.15) is 0 Å². The Balaban J connectivity index is 2.24. The van der Waals surface area contributed by atoms with Crippen molar-refractivity contribution >= 4 is 0 Å². The molecule has 0 aromatic carbocycles. The van der Waals surface area contributed by atoms with Crippen molar-refractivity contribution in [1.82, 2.24) is 10.2 Å². The smallest absolute Gasteiger partial charge is 0.0682 e. The predicted molar refractivity (Wildman–Crippen MR) is 58.4 cm³/mol. The summed E-state index contributed by atoms with van der Waals surface area (Å²) in [6, 6.07) is 0. The van der Waals surface area contributed by atoms with Gasteiger partial charge in [0.25, 0.3) is 0 Å². The van der Waals surface area contributed by atoms with Crippen LogP contribution in [0.5, 0.6) is 0 Å². The Labute approximate surface area is 86.1 Å². The SMILES string of the molecule is CC(C)c1n[nH]c2c1CC(C(C)C)C2. The van der Waals surface area contributed by atoms with Gasteiger partial charge in [0.05, 0.1) is 5.69 Å². The van der Waals surface area contributed by atoms with Crippen LogP contribution in [0.3, 0.4) is 0 Å². The van der Waals surface area contributed by atoms with Crippen LogP contribution in [0.2, 0.25) is 0 Å². The number of aromatic amines is 1. The summed E-state index contributed by atoms with van der Waals surface area (Å²) >= 11 is 0. The summed E-state index contributed by atoms with van der Waals surface area (Å²) in [5, 5.41) is 7.61. The molecular formula is C12H20N2.